The lowest BCUT2D eigenvalue weighted by Gasteiger charge is -2.30. The number of morpholine rings is 1. The molecular formula is C19H21N3O5S. The average molecular weight is 403 g/mol. The smallest absolute Gasteiger partial charge is 0.311 e. The van der Waals surface area contributed by atoms with E-state index < -0.39 is 11.2 Å². The monoisotopic (exact) mass is 403 g/mol. The predicted molar refractivity (Wildman–Crippen MR) is 103 cm³/mol. The van der Waals surface area contributed by atoms with Crippen LogP contribution in [0, 0.1) is 0 Å². The van der Waals surface area contributed by atoms with Crippen LogP contribution in [0.3, 0.4) is 0 Å². The van der Waals surface area contributed by atoms with Gasteiger partial charge in [-0.3, -0.25) is 14.4 Å². The number of esters is 1. The van der Waals surface area contributed by atoms with Crippen LogP contribution in [0.5, 0.6) is 0 Å². The van der Waals surface area contributed by atoms with Crippen molar-refractivity contribution in [2.75, 3.05) is 33.4 Å². The van der Waals surface area contributed by atoms with E-state index in [9.17, 15) is 14.4 Å². The Hall–Kier alpha value is -2.65. The van der Waals surface area contributed by atoms with Gasteiger partial charge >= 0.3 is 5.97 Å². The van der Waals surface area contributed by atoms with Gasteiger partial charge in [0.2, 0.25) is 5.91 Å². The van der Waals surface area contributed by atoms with Crippen molar-refractivity contribution in [1.29, 1.82) is 0 Å². The van der Waals surface area contributed by atoms with Crippen LogP contribution in [-0.4, -0.2) is 60.2 Å². The number of carbonyl (C=O) groups is 2. The second-order valence-corrected chi connectivity index (χ2v) is 7.23. The maximum atomic E-state index is 13.2. The van der Waals surface area contributed by atoms with Crippen molar-refractivity contribution in [2.45, 2.75) is 16.8 Å². The Labute approximate surface area is 166 Å². The summed E-state index contributed by atoms with van der Waals surface area (Å²) in [6.07, 6.45) is -0.110. The lowest BCUT2D eigenvalue weighted by molar-refractivity contribution is -0.140. The summed E-state index contributed by atoms with van der Waals surface area (Å²) in [6, 6.07) is 10.6. The fourth-order valence-corrected chi connectivity index (χ4v) is 3.90. The first-order valence-corrected chi connectivity index (χ1v) is 9.70. The molecule has 1 fully saturated rings. The number of aromatic amines is 1. The molecule has 1 saturated heterocycles. The molecule has 3 rings (SSSR count). The summed E-state index contributed by atoms with van der Waals surface area (Å²) in [6.45, 7) is 2.05. The van der Waals surface area contributed by atoms with Gasteiger partial charge in [-0.25, -0.2) is 4.98 Å². The summed E-state index contributed by atoms with van der Waals surface area (Å²) in [4.78, 5) is 45.4. The van der Waals surface area contributed by atoms with E-state index >= 15 is 0 Å². The SMILES string of the molecule is COC(=O)Cc1cc(=O)[nH]c(S[C@H](C(=O)N2CCOCC2)c2ccccc2)n1. The molecule has 1 aliphatic rings. The molecule has 9 heteroatoms. The number of benzene rings is 1. The topological polar surface area (TPSA) is 102 Å². The van der Waals surface area contributed by atoms with Crippen molar-refractivity contribution in [1.82, 2.24) is 14.9 Å². The zero-order valence-corrected chi connectivity index (χ0v) is 16.2. The average Bonchev–Trinajstić information content (AvgIpc) is 2.72. The van der Waals surface area contributed by atoms with Crippen molar-refractivity contribution >= 4 is 23.6 Å². The van der Waals surface area contributed by atoms with Gasteiger partial charge in [0.05, 0.1) is 32.4 Å². The van der Waals surface area contributed by atoms with Gasteiger partial charge in [-0.15, -0.1) is 0 Å². The van der Waals surface area contributed by atoms with E-state index in [0.29, 0.717) is 32.0 Å². The second-order valence-electron chi connectivity index (χ2n) is 6.14. The molecule has 1 aromatic heterocycles. The third-order valence-electron chi connectivity index (χ3n) is 4.20. The second kappa shape index (κ2) is 9.52. The zero-order chi connectivity index (χ0) is 19.9. The number of ether oxygens (including phenoxy) is 2. The van der Waals surface area contributed by atoms with Crippen molar-refractivity contribution in [3.63, 3.8) is 0 Å². The van der Waals surface area contributed by atoms with Crippen LogP contribution in [0.1, 0.15) is 16.5 Å². The normalized spacial score (nSPS) is 15.1. The summed E-state index contributed by atoms with van der Waals surface area (Å²) < 4.78 is 9.96. The van der Waals surface area contributed by atoms with Crippen molar-refractivity contribution in [2.24, 2.45) is 0 Å². The standard InChI is InChI=1S/C19H21N3O5S/c1-26-16(24)12-14-11-15(23)21-19(20-14)28-17(13-5-3-2-4-6-13)18(25)22-7-9-27-10-8-22/h2-6,11,17H,7-10,12H2,1H3,(H,20,21,23)/t17-/m0/s1. The first-order chi connectivity index (χ1) is 13.6. The molecule has 0 bridgehead atoms. The van der Waals surface area contributed by atoms with Crippen LogP contribution >= 0.6 is 11.8 Å². The van der Waals surface area contributed by atoms with Crippen LogP contribution in [0.15, 0.2) is 46.3 Å². The molecule has 28 heavy (non-hydrogen) atoms. The number of nitrogens with one attached hydrogen (secondary N) is 1. The van der Waals surface area contributed by atoms with Gasteiger partial charge in [-0.2, -0.15) is 0 Å². The van der Waals surface area contributed by atoms with E-state index in [1.165, 1.54) is 13.2 Å². The van der Waals surface area contributed by atoms with Crippen LogP contribution < -0.4 is 5.56 Å². The predicted octanol–water partition coefficient (Wildman–Crippen LogP) is 1.18. The summed E-state index contributed by atoms with van der Waals surface area (Å²) in [5.74, 6) is -0.557. The zero-order valence-electron chi connectivity index (χ0n) is 15.4. The highest BCUT2D eigenvalue weighted by Gasteiger charge is 2.29. The number of H-pyrrole nitrogens is 1. The Morgan fingerprint density at radius 3 is 2.68 bits per heavy atom. The fraction of sp³-hybridized carbons (Fsp3) is 0.368. The number of carbonyl (C=O) groups excluding carboxylic acids is 2. The Kier molecular flexibility index (Phi) is 6.83. The van der Waals surface area contributed by atoms with E-state index in [2.05, 4.69) is 14.7 Å². The molecule has 2 aromatic rings. The van der Waals surface area contributed by atoms with Crippen molar-refractivity contribution in [3.05, 3.63) is 58.0 Å². The molecule has 0 aliphatic carbocycles. The van der Waals surface area contributed by atoms with Crippen molar-refractivity contribution in [3.8, 4) is 0 Å². The summed E-state index contributed by atoms with van der Waals surface area (Å²) in [5.41, 5.74) is 0.718. The van der Waals surface area contributed by atoms with E-state index in [1.54, 1.807) is 4.90 Å². The number of amides is 1. The minimum Gasteiger partial charge on any atom is -0.469 e. The Bertz CT molecular complexity index is 881. The minimum atomic E-state index is -0.573. The van der Waals surface area contributed by atoms with Crippen LogP contribution in [0.25, 0.3) is 0 Å². The Balaban J connectivity index is 1.88. The first kappa shape index (κ1) is 20.1. The van der Waals surface area contributed by atoms with E-state index in [-0.39, 0.29) is 23.0 Å². The Morgan fingerprint density at radius 1 is 1.29 bits per heavy atom. The van der Waals surface area contributed by atoms with Crippen molar-refractivity contribution < 1.29 is 19.1 Å². The number of methoxy groups -OCH3 is 1. The highest BCUT2D eigenvalue weighted by Crippen LogP contribution is 2.35. The molecule has 0 saturated carbocycles. The third-order valence-corrected chi connectivity index (χ3v) is 5.33. The van der Waals surface area contributed by atoms with Gasteiger partial charge in [-0.1, -0.05) is 42.1 Å². The minimum absolute atomic E-state index is 0.0690. The quantitative estimate of drug-likeness (QED) is 0.439. The lowest BCUT2D eigenvalue weighted by atomic mass is 10.1. The van der Waals surface area contributed by atoms with Crippen LogP contribution in [0.2, 0.25) is 0 Å². The summed E-state index contributed by atoms with van der Waals surface area (Å²) >= 11 is 1.16. The van der Waals surface area contributed by atoms with Crippen LogP contribution in [-0.2, 0) is 25.5 Å². The van der Waals surface area contributed by atoms with Gasteiger partial charge < -0.3 is 19.4 Å². The largest absolute Gasteiger partial charge is 0.469 e. The van der Waals surface area contributed by atoms with E-state index in [1.807, 2.05) is 30.3 Å². The Morgan fingerprint density at radius 2 is 2.00 bits per heavy atom. The first-order valence-electron chi connectivity index (χ1n) is 8.82. The molecule has 0 unspecified atom stereocenters. The molecule has 2 heterocycles. The number of hydrogen-bond acceptors (Lipinski definition) is 7. The maximum Gasteiger partial charge on any atom is 0.311 e. The van der Waals surface area contributed by atoms with Gasteiger partial charge in [0.25, 0.3) is 5.56 Å². The molecule has 8 nitrogen and oxygen atoms in total. The molecule has 0 spiro atoms. The summed E-state index contributed by atoms with van der Waals surface area (Å²) in [5, 5.41) is -0.294. The number of hydrogen-bond donors (Lipinski definition) is 1. The number of thioether (sulfide) groups is 1. The molecule has 1 amide bonds. The molecule has 1 aliphatic heterocycles. The molecule has 1 N–H and O–H groups in total. The van der Waals surface area contributed by atoms with Gasteiger partial charge in [0, 0.05) is 19.2 Å². The highest BCUT2D eigenvalue weighted by molar-refractivity contribution is 8.00. The molecule has 0 radical (unpaired) electrons. The third kappa shape index (κ3) is 5.20. The molecule has 1 aromatic carbocycles. The highest BCUT2D eigenvalue weighted by atomic mass is 32.2. The fourth-order valence-electron chi connectivity index (χ4n) is 2.80. The number of rotatable bonds is 6. The maximum absolute atomic E-state index is 13.2. The molecular weight excluding hydrogens is 382 g/mol. The van der Waals surface area contributed by atoms with Gasteiger partial charge in [0.1, 0.15) is 5.25 Å². The number of aromatic nitrogens is 2. The van der Waals surface area contributed by atoms with E-state index in [0.717, 1.165) is 17.3 Å². The van der Waals surface area contributed by atoms with Gasteiger partial charge in [-0.05, 0) is 5.56 Å². The lowest BCUT2D eigenvalue weighted by Crippen LogP contribution is -2.42. The molecule has 1 atom stereocenters. The van der Waals surface area contributed by atoms with Crippen LogP contribution in [0.4, 0.5) is 0 Å². The summed E-state index contributed by atoms with van der Waals surface area (Å²) in [7, 11) is 1.28. The van der Waals surface area contributed by atoms with E-state index in [4.69, 9.17) is 4.74 Å². The molecule has 148 valence electrons. The number of nitrogens with zero attached hydrogens (tertiary/aromatic N) is 2. The van der Waals surface area contributed by atoms with Gasteiger partial charge in [0.15, 0.2) is 5.16 Å².